The van der Waals surface area contributed by atoms with Gasteiger partial charge in [0.1, 0.15) is 0 Å². The van der Waals surface area contributed by atoms with Gasteiger partial charge in [0, 0.05) is 0 Å². The van der Waals surface area contributed by atoms with E-state index < -0.39 is 156 Å². The fraction of sp³-hybridized carbons (Fsp3) is 1.00. The van der Waals surface area contributed by atoms with Crippen molar-refractivity contribution < 1.29 is 95.4 Å². The molecule has 320 valence electrons. The fourth-order valence-electron chi connectivity index (χ4n) is 4.86. The van der Waals surface area contributed by atoms with Crippen molar-refractivity contribution >= 4 is 38.4 Å². The molecule has 0 aromatic carbocycles. The van der Waals surface area contributed by atoms with Crippen molar-refractivity contribution in [3.8, 4) is 0 Å². The number of halogens is 20. The van der Waals surface area contributed by atoms with Gasteiger partial charge in [-0.15, -0.1) is 0 Å². The predicted molar refractivity (Wildman–Crippen MR) is 154 cm³/mol. The summed E-state index contributed by atoms with van der Waals surface area (Å²) in [7, 11) is 0. The van der Waals surface area contributed by atoms with Crippen molar-refractivity contribution in [2.75, 3.05) is 13.2 Å². The maximum atomic E-state index is 16.2. The summed E-state index contributed by atoms with van der Waals surface area (Å²) in [5.74, 6) is 0. The van der Waals surface area contributed by atoms with Gasteiger partial charge in [-0.25, -0.2) is 0 Å². The molecule has 0 aromatic rings. The molecule has 0 amide bonds. The molecule has 0 bridgehead atoms. The zero-order valence-corrected chi connectivity index (χ0v) is 34.2. The van der Waals surface area contributed by atoms with Crippen molar-refractivity contribution in [1.82, 2.24) is 0 Å². The SMILES string of the molecule is CCCCCC[O][Sn]([O][Sn]([O]CCCCCC)([C](F)(F)CCC(F)(F)F)[C](F)(F)CCC(F)(F)F)([C](F)(F)CCC(F)(F)F)[C](F)(F)CCC(F)(F)F. The Morgan fingerprint density at radius 2 is 0.547 bits per heavy atom. The average Bonchev–Trinajstić information content (AvgIpc) is 2.97. The predicted octanol–water partition coefficient (Wildman–Crippen LogP) is 13.1. The van der Waals surface area contributed by atoms with E-state index in [0.717, 1.165) is 0 Å². The van der Waals surface area contributed by atoms with Crippen LogP contribution in [0.2, 0.25) is 0 Å². The zero-order valence-electron chi connectivity index (χ0n) is 28.5. The number of rotatable bonds is 26. The van der Waals surface area contributed by atoms with Crippen LogP contribution in [0.3, 0.4) is 0 Å². The van der Waals surface area contributed by atoms with Crippen LogP contribution in [-0.4, -0.2) is 92.1 Å². The normalized spacial score (nSPS) is 15.1. The first kappa shape index (κ1) is 53.1. The summed E-state index contributed by atoms with van der Waals surface area (Å²) in [5, 5.41) is 0. The van der Waals surface area contributed by atoms with Crippen molar-refractivity contribution in [2.24, 2.45) is 0 Å². The second kappa shape index (κ2) is 20.7. The Kier molecular flexibility index (Phi) is 20.7. The summed E-state index contributed by atoms with van der Waals surface area (Å²) in [4.78, 5) is 0. The van der Waals surface area contributed by atoms with Crippen LogP contribution in [0.4, 0.5) is 87.8 Å². The Hall–Kier alpha value is 0.0774. The topological polar surface area (TPSA) is 27.7 Å². The molecule has 0 aliphatic rings. The Morgan fingerprint density at radius 1 is 0.321 bits per heavy atom. The number of hydrogen-bond donors (Lipinski definition) is 0. The standard InChI is InChI=1S/2C6H13O.4C4H4F5.O.2Sn/c2*1-2-3-4-5-6-7;4*5-3(6)1-2-4(7,8)9;;;/h2*2-6H2,1H3;4*1-2H2;;;/q2*-1;;;;;;2*+1. The monoisotopic (exact) mass is 1050 g/mol. The summed E-state index contributed by atoms with van der Waals surface area (Å²) in [6, 6.07) is 0. The van der Waals surface area contributed by atoms with Crippen LogP contribution in [0.15, 0.2) is 0 Å². The molecule has 0 N–H and O–H groups in total. The molecule has 0 aromatic heterocycles. The van der Waals surface area contributed by atoms with E-state index in [1.807, 2.05) is 0 Å². The molecule has 0 heterocycles. The molecular formula is C28H42F20O3Sn2. The summed E-state index contributed by atoms with van der Waals surface area (Å²) < 4.78 is 278. The first-order chi connectivity index (χ1) is 23.7. The van der Waals surface area contributed by atoms with Crippen LogP contribution in [-0.2, 0) is 7.56 Å². The van der Waals surface area contributed by atoms with Gasteiger partial charge in [-0.2, -0.15) is 0 Å². The first-order valence-electron chi connectivity index (χ1n) is 16.4. The van der Waals surface area contributed by atoms with Crippen LogP contribution in [0.25, 0.3) is 0 Å². The Balaban J connectivity index is 8.32. The van der Waals surface area contributed by atoms with Crippen LogP contribution >= 0.6 is 0 Å². The Morgan fingerprint density at radius 3 is 0.736 bits per heavy atom. The molecule has 0 rings (SSSR count). The molecule has 53 heavy (non-hydrogen) atoms. The van der Waals surface area contributed by atoms with Crippen LogP contribution in [0.1, 0.15) is 117 Å². The zero-order chi connectivity index (χ0) is 41.8. The second-order valence-electron chi connectivity index (χ2n) is 12.4. The van der Waals surface area contributed by atoms with Gasteiger partial charge in [-0.3, -0.25) is 0 Å². The van der Waals surface area contributed by atoms with E-state index in [2.05, 4.69) is 7.56 Å². The van der Waals surface area contributed by atoms with Gasteiger partial charge in [-0.1, -0.05) is 0 Å². The van der Waals surface area contributed by atoms with E-state index in [0.29, 0.717) is 12.8 Å². The number of unbranched alkanes of at least 4 members (excludes halogenated alkanes) is 6. The second-order valence-corrected chi connectivity index (χ2v) is 34.0. The summed E-state index contributed by atoms with van der Waals surface area (Å²) in [6.45, 7) is -0.00636. The quantitative estimate of drug-likeness (QED) is 0.0491. The molecule has 3 nitrogen and oxygen atoms in total. The summed E-state index contributed by atoms with van der Waals surface area (Å²) in [5.41, 5.74) is 0. The van der Waals surface area contributed by atoms with Gasteiger partial charge in [0.2, 0.25) is 0 Å². The van der Waals surface area contributed by atoms with Gasteiger partial charge in [0.15, 0.2) is 0 Å². The van der Waals surface area contributed by atoms with Crippen LogP contribution in [0, 0.1) is 0 Å². The van der Waals surface area contributed by atoms with E-state index >= 15 is 35.1 Å². The minimum absolute atomic E-state index is 0.150. The van der Waals surface area contributed by atoms with Crippen LogP contribution in [0.5, 0.6) is 0 Å². The van der Waals surface area contributed by atoms with Crippen LogP contribution < -0.4 is 0 Å². The Labute approximate surface area is 303 Å². The van der Waals surface area contributed by atoms with E-state index in [-0.39, 0.29) is 25.7 Å². The molecular weight excluding hydrogens is 1000 g/mol. The van der Waals surface area contributed by atoms with Crippen molar-refractivity contribution in [3.05, 3.63) is 0 Å². The molecule has 0 aliphatic carbocycles. The van der Waals surface area contributed by atoms with E-state index in [1.54, 1.807) is 0 Å². The van der Waals surface area contributed by atoms with Crippen molar-refractivity contribution in [1.29, 1.82) is 0 Å². The molecule has 0 radical (unpaired) electrons. The van der Waals surface area contributed by atoms with Gasteiger partial charge in [0.25, 0.3) is 0 Å². The first-order valence-corrected chi connectivity index (χ1v) is 26.8. The van der Waals surface area contributed by atoms with Crippen molar-refractivity contribution in [3.63, 3.8) is 0 Å². The third kappa shape index (κ3) is 17.6. The molecule has 0 aliphatic heterocycles. The fourth-order valence-corrected chi connectivity index (χ4v) is 42.6. The van der Waals surface area contributed by atoms with Gasteiger partial charge < -0.3 is 0 Å². The average molecular weight is 1040 g/mol. The van der Waals surface area contributed by atoms with Crippen molar-refractivity contribution in [2.45, 2.75) is 157 Å². The molecule has 0 unspecified atom stereocenters. The van der Waals surface area contributed by atoms with E-state index in [9.17, 15) is 52.7 Å². The third-order valence-corrected chi connectivity index (χ3v) is 37.7. The van der Waals surface area contributed by atoms with Gasteiger partial charge in [0.05, 0.1) is 0 Å². The summed E-state index contributed by atoms with van der Waals surface area (Å²) in [6.07, 6.45) is -46.4. The Bertz CT molecular complexity index is 905. The maximum absolute atomic E-state index is 16.2. The van der Waals surface area contributed by atoms with E-state index in [1.165, 1.54) is 13.8 Å². The molecule has 0 saturated carbocycles. The minimum atomic E-state index is -9.50. The third-order valence-electron chi connectivity index (χ3n) is 7.71. The molecule has 0 spiro atoms. The number of alkyl halides is 20. The molecule has 0 saturated heterocycles. The number of hydrogen-bond acceptors (Lipinski definition) is 3. The molecule has 0 atom stereocenters. The molecule has 25 heteroatoms. The van der Waals surface area contributed by atoms with E-state index in [4.69, 9.17) is 0 Å². The van der Waals surface area contributed by atoms with Gasteiger partial charge in [-0.05, 0) is 0 Å². The summed E-state index contributed by atoms with van der Waals surface area (Å²) >= 11 is -19.0. The molecule has 0 fully saturated rings. The van der Waals surface area contributed by atoms with Gasteiger partial charge >= 0.3 is 304 Å².